The monoisotopic (exact) mass is 408 g/mol. The Morgan fingerprint density at radius 3 is 2.07 bits per heavy atom. The summed E-state index contributed by atoms with van der Waals surface area (Å²) in [5.74, 6) is -0.371. The molecule has 0 saturated carbocycles. The van der Waals surface area contributed by atoms with E-state index in [1.54, 1.807) is 30.3 Å². The maximum absolute atomic E-state index is 13.3. The number of nitrogens with zero attached hydrogens (tertiary/aromatic N) is 1. The number of sulfonamides is 1. The van der Waals surface area contributed by atoms with Crippen LogP contribution in [0, 0.1) is 6.92 Å². The van der Waals surface area contributed by atoms with Gasteiger partial charge in [0.25, 0.3) is 10.0 Å². The van der Waals surface area contributed by atoms with Crippen molar-refractivity contribution in [3.05, 3.63) is 96.1 Å². The van der Waals surface area contributed by atoms with Gasteiger partial charge in [-0.1, -0.05) is 66.7 Å². The number of benzene rings is 3. The number of amides is 1. The molecule has 0 aliphatic rings. The van der Waals surface area contributed by atoms with Crippen LogP contribution in [0.2, 0.25) is 0 Å². The molecule has 1 N–H and O–H groups in total. The molecule has 0 heterocycles. The van der Waals surface area contributed by atoms with Crippen LogP contribution < -0.4 is 9.62 Å². The van der Waals surface area contributed by atoms with Gasteiger partial charge in [0.05, 0.1) is 16.6 Å². The lowest BCUT2D eigenvalue weighted by Gasteiger charge is -2.26. The molecule has 3 rings (SSSR count). The van der Waals surface area contributed by atoms with Crippen LogP contribution in [0.1, 0.15) is 24.1 Å². The third-order valence-electron chi connectivity index (χ3n) is 4.68. The highest BCUT2D eigenvalue weighted by Gasteiger charge is 2.28. The van der Waals surface area contributed by atoms with Crippen molar-refractivity contribution >= 4 is 21.6 Å². The van der Waals surface area contributed by atoms with Gasteiger partial charge < -0.3 is 5.32 Å². The lowest BCUT2D eigenvalue weighted by Crippen LogP contribution is -2.41. The fraction of sp³-hybridized carbons (Fsp3) is 0.174. The van der Waals surface area contributed by atoms with E-state index < -0.39 is 10.0 Å². The van der Waals surface area contributed by atoms with Gasteiger partial charge in [-0.25, -0.2) is 8.42 Å². The maximum Gasteiger partial charge on any atom is 0.264 e. The molecular weight excluding hydrogens is 384 g/mol. The highest BCUT2D eigenvalue weighted by molar-refractivity contribution is 7.92. The molecule has 0 fully saturated rings. The van der Waals surface area contributed by atoms with E-state index in [-0.39, 0.29) is 23.4 Å². The molecule has 3 aromatic rings. The van der Waals surface area contributed by atoms with E-state index in [0.717, 1.165) is 11.1 Å². The van der Waals surface area contributed by atoms with Crippen molar-refractivity contribution in [1.29, 1.82) is 0 Å². The number of aryl methyl sites for hydroxylation is 1. The van der Waals surface area contributed by atoms with Gasteiger partial charge in [-0.2, -0.15) is 0 Å². The minimum atomic E-state index is -3.90. The molecule has 0 aliphatic heterocycles. The first-order valence-electron chi connectivity index (χ1n) is 9.37. The van der Waals surface area contributed by atoms with Crippen LogP contribution in [-0.2, 0) is 14.8 Å². The molecule has 29 heavy (non-hydrogen) atoms. The Morgan fingerprint density at radius 2 is 1.45 bits per heavy atom. The van der Waals surface area contributed by atoms with Crippen molar-refractivity contribution in [3.63, 3.8) is 0 Å². The van der Waals surface area contributed by atoms with Crippen LogP contribution in [-0.4, -0.2) is 20.9 Å². The third kappa shape index (κ3) is 4.84. The normalized spacial score (nSPS) is 12.2. The summed E-state index contributed by atoms with van der Waals surface area (Å²) >= 11 is 0. The van der Waals surface area contributed by atoms with Gasteiger partial charge in [0.15, 0.2) is 0 Å². The molecule has 1 amide bonds. The smallest absolute Gasteiger partial charge is 0.264 e. The zero-order chi connectivity index (χ0) is 20.9. The van der Waals surface area contributed by atoms with Crippen LogP contribution in [0.5, 0.6) is 0 Å². The predicted octanol–water partition coefficient (Wildman–Crippen LogP) is 4.07. The molecular formula is C23H24N2O3S. The molecule has 150 valence electrons. The van der Waals surface area contributed by atoms with Crippen molar-refractivity contribution in [2.45, 2.75) is 24.8 Å². The van der Waals surface area contributed by atoms with Crippen molar-refractivity contribution in [2.24, 2.45) is 0 Å². The van der Waals surface area contributed by atoms with Gasteiger partial charge in [-0.15, -0.1) is 0 Å². The number of nitrogens with one attached hydrogen (secondary N) is 1. The number of carbonyl (C=O) groups excluding carboxylic acids is 1. The summed E-state index contributed by atoms with van der Waals surface area (Å²) < 4.78 is 27.8. The fourth-order valence-electron chi connectivity index (χ4n) is 3.11. The van der Waals surface area contributed by atoms with Gasteiger partial charge in [-0.3, -0.25) is 9.10 Å². The average Bonchev–Trinajstić information content (AvgIpc) is 2.74. The summed E-state index contributed by atoms with van der Waals surface area (Å²) in [5, 5.41) is 2.89. The van der Waals surface area contributed by atoms with Crippen LogP contribution >= 0.6 is 0 Å². The Balaban J connectivity index is 1.90. The average molecular weight is 409 g/mol. The summed E-state index contributed by atoms with van der Waals surface area (Å²) in [6, 6.07) is 24.6. The molecule has 1 unspecified atom stereocenters. The van der Waals surface area contributed by atoms with E-state index in [0.29, 0.717) is 5.69 Å². The summed E-state index contributed by atoms with van der Waals surface area (Å²) in [7, 11) is -3.90. The second-order valence-electron chi connectivity index (χ2n) is 6.81. The first kappa shape index (κ1) is 20.6. The van der Waals surface area contributed by atoms with E-state index in [4.69, 9.17) is 0 Å². The Hall–Kier alpha value is -3.12. The van der Waals surface area contributed by atoms with Gasteiger partial charge in [0, 0.05) is 0 Å². The van der Waals surface area contributed by atoms with Crippen molar-refractivity contribution in [2.75, 3.05) is 10.8 Å². The molecule has 0 aliphatic carbocycles. The first-order valence-corrected chi connectivity index (χ1v) is 10.8. The lowest BCUT2D eigenvalue weighted by molar-refractivity contribution is -0.120. The van der Waals surface area contributed by atoms with E-state index >= 15 is 0 Å². The summed E-state index contributed by atoms with van der Waals surface area (Å²) in [4.78, 5) is 12.9. The van der Waals surface area contributed by atoms with E-state index in [2.05, 4.69) is 5.32 Å². The molecule has 0 bridgehead atoms. The van der Waals surface area contributed by atoms with Gasteiger partial charge in [0.1, 0.15) is 6.54 Å². The molecule has 1 atom stereocenters. The zero-order valence-electron chi connectivity index (χ0n) is 16.4. The number of hydrogen-bond acceptors (Lipinski definition) is 3. The lowest BCUT2D eigenvalue weighted by atomic mass is 10.1. The first-order chi connectivity index (χ1) is 13.9. The largest absolute Gasteiger partial charge is 0.348 e. The summed E-state index contributed by atoms with van der Waals surface area (Å²) in [6.07, 6.45) is 0. The topological polar surface area (TPSA) is 66.5 Å². The number of para-hydroxylation sites is 1. The number of rotatable bonds is 7. The SMILES string of the molecule is Cc1ccccc1N(CC(=O)NC(C)c1ccccc1)S(=O)(=O)c1ccccc1. The third-order valence-corrected chi connectivity index (χ3v) is 6.45. The second-order valence-corrected chi connectivity index (χ2v) is 8.67. The van der Waals surface area contributed by atoms with Gasteiger partial charge >= 0.3 is 0 Å². The van der Waals surface area contributed by atoms with Gasteiger partial charge in [-0.05, 0) is 43.2 Å². The Bertz CT molecular complexity index is 1070. The maximum atomic E-state index is 13.3. The summed E-state index contributed by atoms with van der Waals surface area (Å²) in [5.41, 5.74) is 2.21. The minimum Gasteiger partial charge on any atom is -0.348 e. The molecule has 0 saturated heterocycles. The molecule has 3 aromatic carbocycles. The molecule has 0 radical (unpaired) electrons. The predicted molar refractivity (Wildman–Crippen MR) is 115 cm³/mol. The van der Waals surface area contributed by atoms with E-state index in [9.17, 15) is 13.2 Å². The quantitative estimate of drug-likeness (QED) is 0.641. The molecule has 5 nitrogen and oxygen atoms in total. The van der Waals surface area contributed by atoms with E-state index in [1.165, 1.54) is 16.4 Å². The second kappa shape index (κ2) is 8.92. The van der Waals surface area contributed by atoms with Crippen LogP contribution in [0.25, 0.3) is 0 Å². The zero-order valence-corrected chi connectivity index (χ0v) is 17.3. The van der Waals surface area contributed by atoms with Crippen molar-refractivity contribution in [3.8, 4) is 0 Å². The molecule has 0 spiro atoms. The highest BCUT2D eigenvalue weighted by atomic mass is 32.2. The Kier molecular flexibility index (Phi) is 6.34. The number of carbonyl (C=O) groups is 1. The highest BCUT2D eigenvalue weighted by Crippen LogP contribution is 2.26. The Labute approximate surface area is 172 Å². The number of hydrogen-bond donors (Lipinski definition) is 1. The number of anilines is 1. The standard InChI is InChI=1S/C23H24N2O3S/c1-18-11-9-10-16-22(18)25(29(27,28)21-14-7-4-8-15-21)17-23(26)24-19(2)20-12-5-3-6-13-20/h3-16,19H,17H2,1-2H3,(H,24,26). The van der Waals surface area contributed by atoms with Crippen molar-refractivity contribution < 1.29 is 13.2 Å². The molecule has 6 heteroatoms. The van der Waals surface area contributed by atoms with E-state index in [1.807, 2.05) is 56.3 Å². The van der Waals surface area contributed by atoms with Crippen LogP contribution in [0.15, 0.2) is 89.8 Å². The van der Waals surface area contributed by atoms with Crippen LogP contribution in [0.4, 0.5) is 5.69 Å². The Morgan fingerprint density at radius 1 is 0.897 bits per heavy atom. The van der Waals surface area contributed by atoms with Crippen molar-refractivity contribution in [1.82, 2.24) is 5.32 Å². The minimum absolute atomic E-state index is 0.146. The summed E-state index contributed by atoms with van der Waals surface area (Å²) in [6.45, 7) is 3.39. The fourth-order valence-corrected chi connectivity index (χ4v) is 4.61. The van der Waals surface area contributed by atoms with Crippen LogP contribution in [0.3, 0.4) is 0 Å². The molecule has 0 aromatic heterocycles. The van der Waals surface area contributed by atoms with Gasteiger partial charge in [0.2, 0.25) is 5.91 Å².